The third kappa shape index (κ3) is 5.35. The zero-order chi connectivity index (χ0) is 16.9. The zero-order valence-electron chi connectivity index (χ0n) is 15.7. The Hall–Kier alpha value is -0.810. The lowest BCUT2D eigenvalue weighted by molar-refractivity contribution is -0.0835. The summed E-state index contributed by atoms with van der Waals surface area (Å²) in [5, 5.41) is 7.01. The van der Waals surface area contributed by atoms with Crippen molar-refractivity contribution in [2.75, 3.05) is 40.3 Å². The van der Waals surface area contributed by atoms with Gasteiger partial charge in [0.1, 0.15) is 0 Å². The predicted molar refractivity (Wildman–Crippen MR) is 96.9 cm³/mol. The molecule has 2 N–H and O–H groups in total. The molecule has 2 fully saturated rings. The molecule has 23 heavy (non-hydrogen) atoms. The molecule has 5 nitrogen and oxygen atoms in total. The number of aliphatic imine (C=N–C) groups is 1. The highest BCUT2D eigenvalue weighted by atomic mass is 16.5. The Labute approximate surface area is 142 Å². The average Bonchev–Trinajstić information content (AvgIpc) is 2.92. The van der Waals surface area contributed by atoms with E-state index in [0.29, 0.717) is 18.1 Å². The van der Waals surface area contributed by atoms with Crippen LogP contribution in [0.15, 0.2) is 4.99 Å². The molecule has 5 heteroatoms. The minimum atomic E-state index is 0.191. The van der Waals surface area contributed by atoms with Gasteiger partial charge in [0, 0.05) is 38.7 Å². The first-order valence-electron chi connectivity index (χ1n) is 9.18. The Morgan fingerprint density at radius 3 is 2.52 bits per heavy atom. The van der Waals surface area contributed by atoms with Crippen LogP contribution in [0.1, 0.15) is 46.5 Å². The molecule has 2 saturated heterocycles. The van der Waals surface area contributed by atoms with Crippen LogP contribution in [-0.2, 0) is 4.74 Å². The third-order valence-electron chi connectivity index (χ3n) is 5.23. The number of rotatable bonds is 4. The van der Waals surface area contributed by atoms with Crippen molar-refractivity contribution in [1.29, 1.82) is 0 Å². The Bertz CT molecular complexity index is 391. The van der Waals surface area contributed by atoms with E-state index in [4.69, 9.17) is 4.74 Å². The first kappa shape index (κ1) is 18.5. The van der Waals surface area contributed by atoms with E-state index < -0.39 is 0 Å². The highest BCUT2D eigenvalue weighted by Crippen LogP contribution is 2.33. The molecule has 3 atom stereocenters. The molecule has 2 aliphatic rings. The number of likely N-dealkylation sites (N-methyl/N-ethyl adjacent to an activating group) is 1. The van der Waals surface area contributed by atoms with Gasteiger partial charge in [-0.3, -0.25) is 4.99 Å². The minimum Gasteiger partial charge on any atom is -0.377 e. The normalized spacial score (nSPS) is 30.5. The topological polar surface area (TPSA) is 48.9 Å². The Morgan fingerprint density at radius 2 is 1.91 bits per heavy atom. The number of hydrogen-bond donors (Lipinski definition) is 2. The average molecular weight is 325 g/mol. The van der Waals surface area contributed by atoms with E-state index in [1.807, 2.05) is 7.05 Å². The summed E-state index contributed by atoms with van der Waals surface area (Å²) >= 11 is 0. The zero-order valence-corrected chi connectivity index (χ0v) is 15.7. The highest BCUT2D eigenvalue weighted by Gasteiger charge is 2.35. The molecule has 2 rings (SSSR count). The molecule has 0 aromatic rings. The van der Waals surface area contributed by atoms with E-state index in [1.54, 1.807) is 0 Å². The van der Waals surface area contributed by atoms with Gasteiger partial charge in [-0.2, -0.15) is 0 Å². The van der Waals surface area contributed by atoms with Crippen LogP contribution in [0, 0.1) is 11.3 Å². The largest absolute Gasteiger partial charge is 0.377 e. The first-order chi connectivity index (χ1) is 10.9. The number of nitrogens with one attached hydrogen (secondary N) is 2. The molecular formula is C18H36N4O. The van der Waals surface area contributed by atoms with Gasteiger partial charge in [-0.25, -0.2) is 0 Å². The Kier molecular flexibility index (Phi) is 6.72. The summed E-state index contributed by atoms with van der Waals surface area (Å²) < 4.78 is 6.07. The molecule has 3 unspecified atom stereocenters. The lowest BCUT2D eigenvalue weighted by Crippen LogP contribution is -2.49. The Morgan fingerprint density at radius 1 is 1.17 bits per heavy atom. The standard InChI is InChI=1S/C18H36N4O/c1-18(2,3)16-14(8-7-11-23-16)12-20-17(19-4)21-13-15-9-6-10-22(15)5/h14-16H,6-13H2,1-5H3,(H2,19,20,21). The fraction of sp³-hybridized carbons (Fsp3) is 0.944. The van der Waals surface area contributed by atoms with Crippen molar-refractivity contribution in [2.45, 2.75) is 58.6 Å². The van der Waals surface area contributed by atoms with Gasteiger partial charge < -0.3 is 20.3 Å². The van der Waals surface area contributed by atoms with Crippen LogP contribution in [0.4, 0.5) is 0 Å². The molecule has 2 heterocycles. The SMILES string of the molecule is CN=C(NCC1CCCOC1C(C)(C)C)NCC1CCCN1C. The monoisotopic (exact) mass is 324 g/mol. The van der Waals surface area contributed by atoms with Gasteiger partial charge >= 0.3 is 0 Å². The first-order valence-corrected chi connectivity index (χ1v) is 9.18. The van der Waals surface area contributed by atoms with Gasteiger partial charge in [0.05, 0.1) is 6.10 Å². The van der Waals surface area contributed by atoms with Crippen LogP contribution in [0.5, 0.6) is 0 Å². The number of hydrogen-bond acceptors (Lipinski definition) is 3. The quantitative estimate of drug-likeness (QED) is 0.614. The molecule has 134 valence electrons. The molecule has 0 saturated carbocycles. The fourth-order valence-corrected chi connectivity index (χ4v) is 3.91. The van der Waals surface area contributed by atoms with Crippen LogP contribution in [0.3, 0.4) is 0 Å². The maximum Gasteiger partial charge on any atom is 0.191 e. The summed E-state index contributed by atoms with van der Waals surface area (Å²) in [5.41, 5.74) is 0.191. The summed E-state index contributed by atoms with van der Waals surface area (Å²) in [6.45, 7) is 10.9. The molecule has 0 radical (unpaired) electrons. The molecule has 0 bridgehead atoms. The van der Waals surface area contributed by atoms with Gasteiger partial charge in [-0.15, -0.1) is 0 Å². The second-order valence-corrected chi connectivity index (χ2v) is 8.17. The van der Waals surface area contributed by atoms with Crippen LogP contribution < -0.4 is 10.6 Å². The van der Waals surface area contributed by atoms with Crippen molar-refractivity contribution in [1.82, 2.24) is 15.5 Å². The lowest BCUT2D eigenvalue weighted by atomic mass is 9.78. The smallest absolute Gasteiger partial charge is 0.191 e. The molecule has 0 spiro atoms. The molecule has 0 amide bonds. The summed E-state index contributed by atoms with van der Waals surface area (Å²) in [7, 11) is 4.06. The van der Waals surface area contributed by atoms with Crippen LogP contribution in [0.25, 0.3) is 0 Å². The number of likely N-dealkylation sites (tertiary alicyclic amines) is 1. The second-order valence-electron chi connectivity index (χ2n) is 8.17. The van der Waals surface area contributed by atoms with E-state index in [9.17, 15) is 0 Å². The van der Waals surface area contributed by atoms with E-state index in [1.165, 1.54) is 25.8 Å². The molecule has 0 aromatic carbocycles. The predicted octanol–water partition coefficient (Wildman–Crippen LogP) is 2.09. The maximum absolute atomic E-state index is 6.07. The summed E-state index contributed by atoms with van der Waals surface area (Å²) in [6.07, 6.45) is 5.31. The van der Waals surface area contributed by atoms with Crippen molar-refractivity contribution < 1.29 is 4.74 Å². The molecular weight excluding hydrogens is 288 g/mol. The van der Waals surface area contributed by atoms with E-state index >= 15 is 0 Å². The van der Waals surface area contributed by atoms with E-state index in [-0.39, 0.29) is 5.41 Å². The van der Waals surface area contributed by atoms with Crippen LogP contribution in [-0.4, -0.2) is 63.3 Å². The van der Waals surface area contributed by atoms with Crippen molar-refractivity contribution in [3.8, 4) is 0 Å². The lowest BCUT2D eigenvalue weighted by Gasteiger charge is -2.40. The van der Waals surface area contributed by atoms with Gasteiger partial charge in [0.15, 0.2) is 5.96 Å². The highest BCUT2D eigenvalue weighted by molar-refractivity contribution is 5.79. The van der Waals surface area contributed by atoms with Gasteiger partial charge in [-0.05, 0) is 44.7 Å². The minimum absolute atomic E-state index is 0.191. The molecule has 2 aliphatic heterocycles. The van der Waals surface area contributed by atoms with Gasteiger partial charge in [0.25, 0.3) is 0 Å². The van der Waals surface area contributed by atoms with E-state index in [0.717, 1.165) is 32.1 Å². The number of nitrogens with zero attached hydrogens (tertiary/aromatic N) is 2. The summed E-state index contributed by atoms with van der Waals surface area (Å²) in [5.74, 6) is 1.47. The van der Waals surface area contributed by atoms with Crippen LogP contribution >= 0.6 is 0 Å². The van der Waals surface area contributed by atoms with Crippen molar-refractivity contribution in [3.63, 3.8) is 0 Å². The van der Waals surface area contributed by atoms with Gasteiger partial charge in [-0.1, -0.05) is 20.8 Å². The van der Waals surface area contributed by atoms with Gasteiger partial charge in [0.2, 0.25) is 0 Å². The third-order valence-corrected chi connectivity index (χ3v) is 5.23. The maximum atomic E-state index is 6.07. The van der Waals surface area contributed by atoms with Crippen molar-refractivity contribution >= 4 is 5.96 Å². The molecule has 0 aliphatic carbocycles. The second kappa shape index (κ2) is 8.34. The molecule has 0 aromatic heterocycles. The van der Waals surface area contributed by atoms with Crippen molar-refractivity contribution in [2.24, 2.45) is 16.3 Å². The summed E-state index contributed by atoms with van der Waals surface area (Å²) in [4.78, 5) is 6.82. The Balaban J connectivity index is 1.79. The van der Waals surface area contributed by atoms with Crippen LogP contribution in [0.2, 0.25) is 0 Å². The number of ether oxygens (including phenoxy) is 1. The number of guanidine groups is 1. The fourth-order valence-electron chi connectivity index (χ4n) is 3.91. The van der Waals surface area contributed by atoms with E-state index in [2.05, 4.69) is 48.3 Å². The van der Waals surface area contributed by atoms with Crippen molar-refractivity contribution in [3.05, 3.63) is 0 Å². The summed E-state index contributed by atoms with van der Waals surface area (Å²) in [6, 6.07) is 0.633.